The number of urea groups is 1. The van der Waals surface area contributed by atoms with Crippen LogP contribution in [0, 0.1) is 11.8 Å². The molecule has 0 heterocycles. The van der Waals surface area contributed by atoms with Crippen LogP contribution in [0.3, 0.4) is 0 Å². The van der Waals surface area contributed by atoms with Crippen molar-refractivity contribution in [2.75, 3.05) is 25.5 Å². The summed E-state index contributed by atoms with van der Waals surface area (Å²) >= 11 is 0. The summed E-state index contributed by atoms with van der Waals surface area (Å²) in [5.74, 6) is 1.92. The number of carbonyl (C=O) groups excluding carboxylic acids is 1. The number of nitrogens with zero attached hydrogens (tertiary/aromatic N) is 1. The zero-order valence-corrected chi connectivity index (χ0v) is 14.6. The third kappa shape index (κ3) is 6.83. The molecule has 124 valence electrons. The Balaban J connectivity index is 2.67. The van der Waals surface area contributed by atoms with E-state index >= 15 is 0 Å². The van der Waals surface area contributed by atoms with Crippen LogP contribution in [-0.4, -0.2) is 31.1 Å². The van der Waals surface area contributed by atoms with Crippen LogP contribution in [0.2, 0.25) is 0 Å². The zero-order chi connectivity index (χ0) is 16.5. The molecule has 0 radical (unpaired) electrons. The van der Waals surface area contributed by atoms with Gasteiger partial charge in [-0.25, -0.2) is 4.79 Å². The number of hydrogen-bond acceptors (Lipinski definition) is 2. The van der Waals surface area contributed by atoms with Crippen LogP contribution in [0.25, 0.3) is 0 Å². The number of hydrogen-bond donors (Lipinski definition) is 1. The van der Waals surface area contributed by atoms with Crippen molar-refractivity contribution >= 4 is 11.7 Å². The van der Waals surface area contributed by atoms with Gasteiger partial charge in [0.1, 0.15) is 5.75 Å². The second-order valence-electron chi connectivity index (χ2n) is 6.51. The first-order valence-electron chi connectivity index (χ1n) is 8.12. The highest BCUT2D eigenvalue weighted by Crippen LogP contribution is 2.17. The quantitative estimate of drug-likeness (QED) is 0.761. The van der Waals surface area contributed by atoms with Crippen LogP contribution in [0.1, 0.15) is 40.5 Å². The summed E-state index contributed by atoms with van der Waals surface area (Å²) in [4.78, 5) is 14.4. The van der Waals surface area contributed by atoms with Gasteiger partial charge in [0.25, 0.3) is 0 Å². The highest BCUT2D eigenvalue weighted by atomic mass is 16.5. The van der Waals surface area contributed by atoms with Gasteiger partial charge in [-0.05, 0) is 36.8 Å². The van der Waals surface area contributed by atoms with Crippen LogP contribution in [0.15, 0.2) is 24.3 Å². The van der Waals surface area contributed by atoms with Crippen LogP contribution in [-0.2, 0) is 0 Å². The highest BCUT2D eigenvalue weighted by molar-refractivity contribution is 5.89. The predicted octanol–water partition coefficient (Wildman–Crippen LogP) is 4.62. The van der Waals surface area contributed by atoms with Crippen LogP contribution in [0.4, 0.5) is 10.5 Å². The average molecular weight is 306 g/mol. The van der Waals surface area contributed by atoms with E-state index in [9.17, 15) is 4.79 Å². The molecule has 0 fully saturated rings. The standard InChI is InChI=1S/C18H30N2O2/c1-14(2)9-11-20(12-10-15(3)4)18(21)19-16-7-6-8-17(13-16)22-5/h6-8,13-15H,9-12H2,1-5H3,(H,19,21). The summed E-state index contributed by atoms with van der Waals surface area (Å²) in [5.41, 5.74) is 0.767. The SMILES string of the molecule is COc1cccc(NC(=O)N(CCC(C)C)CCC(C)C)c1. The fraction of sp³-hybridized carbons (Fsp3) is 0.611. The fourth-order valence-corrected chi connectivity index (χ4v) is 2.05. The molecule has 0 unspecified atom stereocenters. The normalized spacial score (nSPS) is 10.9. The van der Waals surface area contributed by atoms with Gasteiger partial charge in [0.15, 0.2) is 0 Å². The molecule has 1 aromatic carbocycles. The minimum atomic E-state index is -0.0328. The Bertz CT molecular complexity index is 446. The second kappa shape index (κ2) is 9.34. The average Bonchev–Trinajstić information content (AvgIpc) is 2.46. The lowest BCUT2D eigenvalue weighted by atomic mass is 10.1. The number of methoxy groups -OCH3 is 1. The molecule has 1 rings (SSSR count). The Morgan fingerprint density at radius 2 is 1.73 bits per heavy atom. The van der Waals surface area contributed by atoms with E-state index in [2.05, 4.69) is 33.0 Å². The summed E-state index contributed by atoms with van der Waals surface area (Å²) < 4.78 is 5.19. The van der Waals surface area contributed by atoms with E-state index in [0.29, 0.717) is 11.8 Å². The number of ether oxygens (including phenoxy) is 1. The molecule has 0 aliphatic rings. The van der Waals surface area contributed by atoms with Gasteiger partial charge in [0.2, 0.25) is 0 Å². The molecule has 0 aliphatic carbocycles. The van der Waals surface area contributed by atoms with Gasteiger partial charge in [-0.1, -0.05) is 33.8 Å². The van der Waals surface area contributed by atoms with Crippen LogP contribution >= 0.6 is 0 Å². The highest BCUT2D eigenvalue weighted by Gasteiger charge is 2.14. The summed E-state index contributed by atoms with van der Waals surface area (Å²) in [6.07, 6.45) is 2.03. The van der Waals surface area contributed by atoms with Crippen LogP contribution < -0.4 is 10.1 Å². The molecular weight excluding hydrogens is 276 g/mol. The number of nitrogens with one attached hydrogen (secondary N) is 1. The van der Waals surface area contributed by atoms with E-state index in [1.54, 1.807) is 7.11 Å². The lowest BCUT2D eigenvalue weighted by Gasteiger charge is -2.25. The molecule has 4 heteroatoms. The van der Waals surface area contributed by atoms with Gasteiger partial charge < -0.3 is 15.0 Å². The van der Waals surface area contributed by atoms with Crippen molar-refractivity contribution in [2.24, 2.45) is 11.8 Å². The minimum Gasteiger partial charge on any atom is -0.497 e. The molecule has 0 aromatic heterocycles. The zero-order valence-electron chi connectivity index (χ0n) is 14.6. The molecule has 0 bridgehead atoms. The molecule has 0 saturated carbocycles. The summed E-state index contributed by atoms with van der Waals surface area (Å²) in [7, 11) is 1.62. The summed E-state index contributed by atoms with van der Waals surface area (Å²) in [6.45, 7) is 10.3. The molecule has 1 N–H and O–H groups in total. The largest absolute Gasteiger partial charge is 0.497 e. The lowest BCUT2D eigenvalue weighted by Crippen LogP contribution is -2.37. The topological polar surface area (TPSA) is 41.6 Å². The van der Waals surface area contributed by atoms with E-state index in [1.165, 1.54) is 0 Å². The number of anilines is 1. The van der Waals surface area contributed by atoms with E-state index < -0.39 is 0 Å². The molecule has 0 atom stereocenters. The molecule has 1 aromatic rings. The third-order valence-corrected chi connectivity index (χ3v) is 3.56. The first-order chi connectivity index (χ1) is 10.4. The molecular formula is C18H30N2O2. The number of benzene rings is 1. The molecule has 2 amide bonds. The summed E-state index contributed by atoms with van der Waals surface area (Å²) in [5, 5.41) is 2.97. The maximum Gasteiger partial charge on any atom is 0.321 e. The van der Waals surface area contributed by atoms with E-state index in [-0.39, 0.29) is 6.03 Å². The van der Waals surface area contributed by atoms with Crippen molar-refractivity contribution < 1.29 is 9.53 Å². The van der Waals surface area contributed by atoms with Gasteiger partial charge in [0, 0.05) is 24.8 Å². The number of carbonyl (C=O) groups is 1. The number of amides is 2. The maximum absolute atomic E-state index is 12.5. The van der Waals surface area contributed by atoms with Crippen LogP contribution in [0.5, 0.6) is 5.75 Å². The van der Waals surface area contributed by atoms with Gasteiger partial charge in [-0.15, -0.1) is 0 Å². The van der Waals surface area contributed by atoms with E-state index in [4.69, 9.17) is 4.74 Å². The Morgan fingerprint density at radius 1 is 1.14 bits per heavy atom. The third-order valence-electron chi connectivity index (χ3n) is 3.56. The Kier molecular flexibility index (Phi) is 7.78. The molecule has 0 saturated heterocycles. The minimum absolute atomic E-state index is 0.0328. The lowest BCUT2D eigenvalue weighted by molar-refractivity contribution is 0.205. The van der Waals surface area contributed by atoms with Crippen molar-refractivity contribution in [1.82, 2.24) is 4.90 Å². The smallest absolute Gasteiger partial charge is 0.321 e. The van der Waals surface area contributed by atoms with Gasteiger partial charge in [-0.3, -0.25) is 0 Å². The Labute approximate surface area is 134 Å². The molecule has 0 aliphatic heterocycles. The van der Waals surface area contributed by atoms with Crippen molar-refractivity contribution in [2.45, 2.75) is 40.5 Å². The van der Waals surface area contributed by atoms with E-state index in [0.717, 1.165) is 37.4 Å². The Morgan fingerprint density at radius 3 is 2.23 bits per heavy atom. The maximum atomic E-state index is 12.5. The van der Waals surface area contributed by atoms with Gasteiger partial charge >= 0.3 is 6.03 Å². The summed E-state index contributed by atoms with van der Waals surface area (Å²) in [6, 6.07) is 7.42. The fourth-order valence-electron chi connectivity index (χ4n) is 2.05. The molecule has 0 spiro atoms. The predicted molar refractivity (Wildman–Crippen MR) is 92.5 cm³/mol. The van der Waals surface area contributed by atoms with Crippen molar-refractivity contribution in [3.8, 4) is 5.75 Å². The van der Waals surface area contributed by atoms with Gasteiger partial charge in [0.05, 0.1) is 7.11 Å². The van der Waals surface area contributed by atoms with Gasteiger partial charge in [-0.2, -0.15) is 0 Å². The van der Waals surface area contributed by atoms with E-state index in [1.807, 2.05) is 29.2 Å². The first kappa shape index (κ1) is 18.3. The van der Waals surface area contributed by atoms with Crippen molar-refractivity contribution in [3.63, 3.8) is 0 Å². The molecule has 22 heavy (non-hydrogen) atoms. The number of rotatable bonds is 8. The Hall–Kier alpha value is -1.71. The van der Waals surface area contributed by atoms with Crippen molar-refractivity contribution in [3.05, 3.63) is 24.3 Å². The second-order valence-corrected chi connectivity index (χ2v) is 6.51. The molecule has 4 nitrogen and oxygen atoms in total. The monoisotopic (exact) mass is 306 g/mol. The first-order valence-corrected chi connectivity index (χ1v) is 8.12. The van der Waals surface area contributed by atoms with Crippen molar-refractivity contribution in [1.29, 1.82) is 0 Å².